The largest absolute Gasteiger partial charge is 0.330 e. The van der Waals surface area contributed by atoms with Crippen molar-refractivity contribution in [2.45, 2.75) is 39.5 Å². The van der Waals surface area contributed by atoms with Gasteiger partial charge in [-0.05, 0) is 67.3 Å². The molecule has 0 bridgehead atoms. The van der Waals surface area contributed by atoms with E-state index in [2.05, 4.69) is 26.8 Å². The number of aromatic nitrogens is 1. The SMILES string of the molecule is CCC(C)c1cc(CCN)nc(-c2ccc(F)cc2)c1C. The number of halogens is 1. The van der Waals surface area contributed by atoms with E-state index in [9.17, 15) is 4.39 Å². The molecule has 0 amide bonds. The van der Waals surface area contributed by atoms with Gasteiger partial charge >= 0.3 is 0 Å². The quantitative estimate of drug-likeness (QED) is 0.894. The smallest absolute Gasteiger partial charge is 0.123 e. The van der Waals surface area contributed by atoms with Gasteiger partial charge in [0, 0.05) is 17.7 Å². The van der Waals surface area contributed by atoms with Crippen molar-refractivity contribution in [3.8, 4) is 11.3 Å². The maximum atomic E-state index is 13.1. The van der Waals surface area contributed by atoms with Gasteiger partial charge in [0.05, 0.1) is 5.69 Å². The molecule has 0 saturated carbocycles. The van der Waals surface area contributed by atoms with Gasteiger partial charge in [-0.15, -0.1) is 0 Å². The second kappa shape index (κ2) is 6.81. The van der Waals surface area contributed by atoms with E-state index >= 15 is 0 Å². The van der Waals surface area contributed by atoms with Crippen molar-refractivity contribution in [2.24, 2.45) is 5.73 Å². The maximum absolute atomic E-state index is 13.1. The Balaban J connectivity index is 2.57. The van der Waals surface area contributed by atoms with Crippen LogP contribution in [0.5, 0.6) is 0 Å². The highest BCUT2D eigenvalue weighted by molar-refractivity contribution is 5.65. The van der Waals surface area contributed by atoms with Gasteiger partial charge < -0.3 is 5.73 Å². The summed E-state index contributed by atoms with van der Waals surface area (Å²) in [6.07, 6.45) is 1.84. The lowest BCUT2D eigenvalue weighted by atomic mass is 9.91. The number of hydrogen-bond acceptors (Lipinski definition) is 2. The van der Waals surface area contributed by atoms with Gasteiger partial charge in [0.15, 0.2) is 0 Å². The third-order valence-electron chi connectivity index (χ3n) is 4.03. The molecule has 3 heteroatoms. The number of nitrogens with two attached hydrogens (primary N) is 1. The van der Waals surface area contributed by atoms with Crippen LogP contribution >= 0.6 is 0 Å². The molecule has 0 aliphatic heterocycles. The highest BCUT2D eigenvalue weighted by Gasteiger charge is 2.14. The van der Waals surface area contributed by atoms with Crippen LogP contribution in [0.3, 0.4) is 0 Å². The molecule has 1 unspecified atom stereocenters. The van der Waals surface area contributed by atoms with Gasteiger partial charge in [-0.25, -0.2) is 4.39 Å². The van der Waals surface area contributed by atoms with Crippen molar-refractivity contribution in [3.63, 3.8) is 0 Å². The molecule has 0 aliphatic rings. The third-order valence-corrected chi connectivity index (χ3v) is 4.03. The number of benzene rings is 1. The molecule has 2 nitrogen and oxygen atoms in total. The summed E-state index contributed by atoms with van der Waals surface area (Å²) in [5, 5.41) is 0. The fourth-order valence-electron chi connectivity index (χ4n) is 2.58. The highest BCUT2D eigenvalue weighted by Crippen LogP contribution is 2.30. The average molecular weight is 286 g/mol. The van der Waals surface area contributed by atoms with Crippen LogP contribution in [0.15, 0.2) is 30.3 Å². The molecule has 1 aromatic heterocycles. The van der Waals surface area contributed by atoms with Gasteiger partial charge in [-0.2, -0.15) is 0 Å². The van der Waals surface area contributed by atoms with Crippen LogP contribution in [0.2, 0.25) is 0 Å². The van der Waals surface area contributed by atoms with Crippen LogP contribution < -0.4 is 5.73 Å². The Morgan fingerprint density at radius 3 is 2.48 bits per heavy atom. The van der Waals surface area contributed by atoms with Gasteiger partial charge in [0.2, 0.25) is 0 Å². The highest BCUT2D eigenvalue weighted by atomic mass is 19.1. The topological polar surface area (TPSA) is 38.9 Å². The molecule has 1 heterocycles. The molecule has 112 valence electrons. The summed E-state index contributed by atoms with van der Waals surface area (Å²) in [6.45, 7) is 7.09. The minimum absolute atomic E-state index is 0.225. The second-order valence-corrected chi connectivity index (χ2v) is 5.53. The lowest BCUT2D eigenvalue weighted by molar-refractivity contribution is 0.628. The van der Waals surface area contributed by atoms with Crippen molar-refractivity contribution in [2.75, 3.05) is 6.54 Å². The number of rotatable bonds is 5. The minimum atomic E-state index is -0.225. The number of hydrogen-bond donors (Lipinski definition) is 1. The normalized spacial score (nSPS) is 12.4. The first-order valence-electron chi connectivity index (χ1n) is 7.53. The van der Waals surface area contributed by atoms with E-state index in [1.165, 1.54) is 23.3 Å². The Morgan fingerprint density at radius 1 is 1.24 bits per heavy atom. The molecule has 0 saturated heterocycles. The molecule has 2 aromatic rings. The molecule has 0 radical (unpaired) electrons. The first-order valence-corrected chi connectivity index (χ1v) is 7.53. The minimum Gasteiger partial charge on any atom is -0.330 e. The maximum Gasteiger partial charge on any atom is 0.123 e. The van der Waals surface area contributed by atoms with Gasteiger partial charge in [0.25, 0.3) is 0 Å². The molecule has 1 atom stereocenters. The lowest BCUT2D eigenvalue weighted by Gasteiger charge is -2.18. The predicted molar refractivity (Wildman–Crippen MR) is 85.8 cm³/mol. The van der Waals surface area contributed by atoms with Crippen molar-refractivity contribution in [1.29, 1.82) is 0 Å². The molecule has 0 aliphatic carbocycles. The van der Waals surface area contributed by atoms with Crippen molar-refractivity contribution >= 4 is 0 Å². The molecule has 1 aromatic carbocycles. The standard InChI is InChI=1S/C18H23FN2/c1-4-12(2)17-11-16(9-10-20)21-18(13(17)3)14-5-7-15(19)8-6-14/h5-8,11-12H,4,9-10,20H2,1-3H3. The van der Waals surface area contributed by atoms with E-state index in [0.717, 1.165) is 29.8 Å². The van der Waals surface area contributed by atoms with E-state index in [-0.39, 0.29) is 5.82 Å². The van der Waals surface area contributed by atoms with E-state index in [0.29, 0.717) is 12.5 Å². The van der Waals surface area contributed by atoms with Crippen LogP contribution in [-0.4, -0.2) is 11.5 Å². The fourth-order valence-corrected chi connectivity index (χ4v) is 2.58. The number of nitrogens with zero attached hydrogens (tertiary/aromatic N) is 1. The Morgan fingerprint density at radius 2 is 1.90 bits per heavy atom. The van der Waals surface area contributed by atoms with Crippen molar-refractivity contribution < 1.29 is 4.39 Å². The average Bonchev–Trinajstić information content (AvgIpc) is 2.49. The van der Waals surface area contributed by atoms with Gasteiger partial charge in [-0.1, -0.05) is 13.8 Å². The first kappa shape index (κ1) is 15.6. The summed E-state index contributed by atoms with van der Waals surface area (Å²) in [7, 11) is 0. The molecular formula is C18H23FN2. The van der Waals surface area contributed by atoms with Crippen LogP contribution in [0.25, 0.3) is 11.3 Å². The molecule has 21 heavy (non-hydrogen) atoms. The first-order chi connectivity index (χ1) is 10.1. The zero-order chi connectivity index (χ0) is 15.4. The Kier molecular flexibility index (Phi) is 5.07. The fraction of sp³-hybridized carbons (Fsp3) is 0.389. The predicted octanol–water partition coefficient (Wildman–Crippen LogP) is 4.21. The Hall–Kier alpha value is -1.74. The van der Waals surface area contributed by atoms with Gasteiger partial charge in [-0.3, -0.25) is 4.98 Å². The number of pyridine rings is 1. The van der Waals surface area contributed by atoms with Gasteiger partial charge in [0.1, 0.15) is 5.82 Å². The second-order valence-electron chi connectivity index (χ2n) is 5.53. The van der Waals surface area contributed by atoms with E-state index in [1.54, 1.807) is 12.1 Å². The molecular weight excluding hydrogens is 263 g/mol. The Labute approximate surface area is 126 Å². The van der Waals surface area contributed by atoms with E-state index in [4.69, 9.17) is 10.7 Å². The summed E-state index contributed by atoms with van der Waals surface area (Å²) in [6, 6.07) is 8.71. The van der Waals surface area contributed by atoms with Crippen LogP contribution in [0.1, 0.15) is 43.0 Å². The van der Waals surface area contributed by atoms with Crippen molar-refractivity contribution in [3.05, 3.63) is 53.0 Å². The molecule has 0 spiro atoms. The third kappa shape index (κ3) is 3.48. The summed E-state index contributed by atoms with van der Waals surface area (Å²) in [5.74, 6) is 0.250. The zero-order valence-electron chi connectivity index (χ0n) is 13.0. The monoisotopic (exact) mass is 286 g/mol. The summed E-state index contributed by atoms with van der Waals surface area (Å²) in [4.78, 5) is 4.74. The molecule has 2 N–H and O–H groups in total. The van der Waals surface area contributed by atoms with E-state index in [1.807, 2.05) is 0 Å². The lowest BCUT2D eigenvalue weighted by Crippen LogP contribution is -2.08. The molecule has 2 rings (SSSR count). The van der Waals surface area contributed by atoms with Crippen molar-refractivity contribution in [1.82, 2.24) is 4.98 Å². The summed E-state index contributed by atoms with van der Waals surface area (Å²) < 4.78 is 13.1. The molecule has 0 fully saturated rings. The summed E-state index contributed by atoms with van der Waals surface area (Å²) in [5.41, 5.74) is 11.1. The Bertz CT molecular complexity index is 605. The van der Waals surface area contributed by atoms with Crippen LogP contribution in [0, 0.1) is 12.7 Å². The van der Waals surface area contributed by atoms with Crippen LogP contribution in [0.4, 0.5) is 4.39 Å². The van der Waals surface area contributed by atoms with E-state index < -0.39 is 0 Å². The summed E-state index contributed by atoms with van der Waals surface area (Å²) >= 11 is 0. The van der Waals surface area contributed by atoms with Crippen LogP contribution in [-0.2, 0) is 6.42 Å². The zero-order valence-corrected chi connectivity index (χ0v) is 13.0.